The van der Waals surface area contributed by atoms with E-state index in [0.717, 1.165) is 6.07 Å². The third-order valence-corrected chi connectivity index (χ3v) is 3.10. The zero-order chi connectivity index (χ0) is 18.2. The highest BCUT2D eigenvalue weighted by Gasteiger charge is 2.12. The third kappa shape index (κ3) is 5.91. The van der Waals surface area contributed by atoms with E-state index in [1.54, 1.807) is 6.07 Å². The van der Waals surface area contributed by atoms with Crippen LogP contribution in [0.5, 0.6) is 17.2 Å². The zero-order valence-electron chi connectivity index (χ0n) is 13.3. The number of carbonyl (C=O) groups is 1. The number of benzene rings is 2. The minimum atomic E-state index is -2.99. The predicted octanol–water partition coefficient (Wildman–Crippen LogP) is 3.13. The molecule has 0 aromatic heterocycles. The summed E-state index contributed by atoms with van der Waals surface area (Å²) in [5.74, 6) is -0.656. The van der Waals surface area contributed by atoms with Crippen LogP contribution >= 0.6 is 0 Å². The van der Waals surface area contributed by atoms with Crippen LogP contribution in [0.1, 0.15) is 5.56 Å². The van der Waals surface area contributed by atoms with E-state index in [4.69, 9.17) is 9.47 Å². The Kier molecular flexibility index (Phi) is 6.50. The van der Waals surface area contributed by atoms with Crippen LogP contribution in [0, 0.1) is 5.82 Å². The minimum absolute atomic E-state index is 0.0783. The lowest BCUT2D eigenvalue weighted by molar-refractivity contribution is -0.123. The van der Waals surface area contributed by atoms with E-state index in [2.05, 4.69) is 10.1 Å². The highest BCUT2D eigenvalue weighted by Crippen LogP contribution is 2.29. The van der Waals surface area contributed by atoms with Gasteiger partial charge in [-0.25, -0.2) is 4.39 Å². The normalized spacial score (nSPS) is 10.4. The number of amides is 1. The van der Waals surface area contributed by atoms with Crippen molar-refractivity contribution in [2.45, 2.75) is 13.2 Å². The number of halogens is 3. The lowest BCUT2D eigenvalue weighted by Gasteiger charge is -2.12. The summed E-state index contributed by atoms with van der Waals surface area (Å²) in [6.07, 6.45) is 0. The molecular formula is C17H16F3NO4. The molecule has 0 saturated carbocycles. The Hall–Kier alpha value is -2.90. The Labute approximate surface area is 142 Å². The topological polar surface area (TPSA) is 56.8 Å². The first-order valence-electron chi connectivity index (χ1n) is 7.24. The first-order chi connectivity index (χ1) is 12.0. The SMILES string of the molecule is COc1ccc(CNC(=O)COc2cccc(F)c2)cc1OC(F)F. The molecule has 0 aliphatic heterocycles. The van der Waals surface area contributed by atoms with Crippen LogP contribution in [-0.2, 0) is 11.3 Å². The van der Waals surface area contributed by atoms with Crippen molar-refractivity contribution in [3.8, 4) is 17.2 Å². The van der Waals surface area contributed by atoms with Gasteiger partial charge in [0, 0.05) is 12.6 Å². The molecule has 0 saturated heterocycles. The monoisotopic (exact) mass is 355 g/mol. The quantitative estimate of drug-likeness (QED) is 0.790. The van der Waals surface area contributed by atoms with E-state index in [1.165, 1.54) is 37.4 Å². The van der Waals surface area contributed by atoms with E-state index in [9.17, 15) is 18.0 Å². The van der Waals surface area contributed by atoms with Crippen molar-refractivity contribution in [3.63, 3.8) is 0 Å². The average molecular weight is 355 g/mol. The molecule has 0 atom stereocenters. The summed E-state index contributed by atoms with van der Waals surface area (Å²) in [4.78, 5) is 11.8. The Balaban J connectivity index is 1.88. The van der Waals surface area contributed by atoms with Crippen molar-refractivity contribution in [3.05, 3.63) is 53.8 Å². The van der Waals surface area contributed by atoms with Crippen LogP contribution in [0.3, 0.4) is 0 Å². The molecule has 25 heavy (non-hydrogen) atoms. The maximum absolute atomic E-state index is 13.0. The van der Waals surface area contributed by atoms with E-state index in [1.807, 2.05) is 0 Å². The number of hydrogen-bond acceptors (Lipinski definition) is 4. The van der Waals surface area contributed by atoms with Crippen LogP contribution in [0.25, 0.3) is 0 Å². The molecule has 1 amide bonds. The van der Waals surface area contributed by atoms with Crippen LogP contribution in [0.2, 0.25) is 0 Å². The number of rotatable bonds is 8. The highest BCUT2D eigenvalue weighted by molar-refractivity contribution is 5.77. The van der Waals surface area contributed by atoms with Crippen molar-refractivity contribution < 1.29 is 32.2 Å². The van der Waals surface area contributed by atoms with Crippen molar-refractivity contribution in [2.75, 3.05) is 13.7 Å². The largest absolute Gasteiger partial charge is 0.493 e. The Morgan fingerprint density at radius 3 is 2.64 bits per heavy atom. The fraction of sp³-hybridized carbons (Fsp3) is 0.235. The standard InChI is InChI=1S/C17H16F3NO4/c1-23-14-6-5-11(7-15(14)25-17(19)20)9-21-16(22)10-24-13-4-2-3-12(18)8-13/h2-8,17H,9-10H2,1H3,(H,21,22). The lowest BCUT2D eigenvalue weighted by Crippen LogP contribution is -2.28. The first kappa shape index (κ1) is 18.4. The average Bonchev–Trinajstić information content (AvgIpc) is 2.58. The second kappa shape index (κ2) is 8.81. The van der Waals surface area contributed by atoms with Gasteiger partial charge < -0.3 is 19.5 Å². The molecule has 2 aromatic rings. The molecule has 0 aliphatic rings. The molecular weight excluding hydrogens is 339 g/mol. The van der Waals surface area contributed by atoms with Gasteiger partial charge in [-0.05, 0) is 29.8 Å². The van der Waals surface area contributed by atoms with Gasteiger partial charge in [0.05, 0.1) is 7.11 Å². The molecule has 2 rings (SSSR count). The van der Waals surface area contributed by atoms with E-state index in [-0.39, 0.29) is 30.4 Å². The van der Waals surface area contributed by atoms with Gasteiger partial charge in [-0.1, -0.05) is 12.1 Å². The zero-order valence-corrected chi connectivity index (χ0v) is 13.3. The smallest absolute Gasteiger partial charge is 0.387 e. The number of ether oxygens (including phenoxy) is 3. The van der Waals surface area contributed by atoms with Gasteiger partial charge in [0.1, 0.15) is 11.6 Å². The van der Waals surface area contributed by atoms with Crippen molar-refractivity contribution in [1.82, 2.24) is 5.32 Å². The third-order valence-electron chi connectivity index (χ3n) is 3.10. The molecule has 1 N–H and O–H groups in total. The number of alkyl halides is 2. The van der Waals surface area contributed by atoms with Gasteiger partial charge >= 0.3 is 6.61 Å². The summed E-state index contributed by atoms with van der Waals surface area (Å²) in [5.41, 5.74) is 0.538. The lowest BCUT2D eigenvalue weighted by atomic mass is 10.2. The van der Waals surface area contributed by atoms with Crippen molar-refractivity contribution in [1.29, 1.82) is 0 Å². The molecule has 0 heterocycles. The van der Waals surface area contributed by atoms with Crippen LogP contribution in [0.4, 0.5) is 13.2 Å². The molecule has 134 valence electrons. The molecule has 8 heteroatoms. The Bertz CT molecular complexity index is 725. The molecule has 2 aromatic carbocycles. The summed E-state index contributed by atoms with van der Waals surface area (Å²) in [6, 6.07) is 9.81. The Morgan fingerprint density at radius 2 is 1.96 bits per heavy atom. The number of hydrogen-bond donors (Lipinski definition) is 1. The summed E-state index contributed by atoms with van der Waals surface area (Å²) in [5, 5.41) is 2.56. The highest BCUT2D eigenvalue weighted by atomic mass is 19.3. The molecule has 0 bridgehead atoms. The van der Waals surface area contributed by atoms with Crippen LogP contribution in [-0.4, -0.2) is 26.2 Å². The van der Waals surface area contributed by atoms with Crippen LogP contribution < -0.4 is 19.5 Å². The summed E-state index contributed by atoms with van der Waals surface area (Å²) >= 11 is 0. The molecule has 5 nitrogen and oxygen atoms in total. The number of nitrogens with one attached hydrogen (secondary N) is 1. The second-order valence-electron chi connectivity index (χ2n) is 4.89. The number of methoxy groups -OCH3 is 1. The summed E-state index contributed by atoms with van der Waals surface area (Å²) in [7, 11) is 1.33. The maximum Gasteiger partial charge on any atom is 0.387 e. The predicted molar refractivity (Wildman–Crippen MR) is 83.4 cm³/mol. The molecule has 0 radical (unpaired) electrons. The molecule has 0 aliphatic carbocycles. The van der Waals surface area contributed by atoms with Crippen molar-refractivity contribution in [2.24, 2.45) is 0 Å². The maximum atomic E-state index is 13.0. The minimum Gasteiger partial charge on any atom is -0.493 e. The van der Waals surface area contributed by atoms with Gasteiger partial charge in [0.15, 0.2) is 18.1 Å². The van der Waals surface area contributed by atoms with E-state index >= 15 is 0 Å². The van der Waals surface area contributed by atoms with Gasteiger partial charge in [0.2, 0.25) is 0 Å². The van der Waals surface area contributed by atoms with Gasteiger partial charge in [-0.3, -0.25) is 4.79 Å². The summed E-state index contributed by atoms with van der Waals surface area (Å²) in [6.45, 7) is -3.21. The fourth-order valence-electron chi connectivity index (χ4n) is 1.98. The Morgan fingerprint density at radius 1 is 1.16 bits per heavy atom. The molecule has 0 fully saturated rings. The second-order valence-corrected chi connectivity index (χ2v) is 4.89. The fourth-order valence-corrected chi connectivity index (χ4v) is 1.98. The van der Waals surface area contributed by atoms with Gasteiger partial charge in [-0.2, -0.15) is 8.78 Å². The summed E-state index contributed by atoms with van der Waals surface area (Å²) < 4.78 is 52.2. The van der Waals surface area contributed by atoms with Gasteiger partial charge in [0.25, 0.3) is 5.91 Å². The molecule has 0 unspecified atom stereocenters. The van der Waals surface area contributed by atoms with Crippen molar-refractivity contribution >= 4 is 5.91 Å². The van der Waals surface area contributed by atoms with Crippen LogP contribution in [0.15, 0.2) is 42.5 Å². The van der Waals surface area contributed by atoms with E-state index in [0.29, 0.717) is 5.56 Å². The number of carbonyl (C=O) groups excluding carboxylic acids is 1. The molecule has 0 spiro atoms. The first-order valence-corrected chi connectivity index (χ1v) is 7.24. The van der Waals surface area contributed by atoms with Gasteiger partial charge in [-0.15, -0.1) is 0 Å². The van der Waals surface area contributed by atoms with E-state index < -0.39 is 18.3 Å².